The van der Waals surface area contributed by atoms with Gasteiger partial charge in [-0.25, -0.2) is 0 Å². The SMILES string of the molecule is CCCCC[Se]C([Se]CCCCC)[Se]CCCCC. The Morgan fingerprint density at radius 2 is 0.842 bits per heavy atom. The van der Waals surface area contributed by atoms with E-state index in [9.17, 15) is 0 Å². The van der Waals surface area contributed by atoms with E-state index in [2.05, 4.69) is 20.8 Å². The van der Waals surface area contributed by atoms with Crippen LogP contribution in [0.5, 0.6) is 0 Å². The summed E-state index contributed by atoms with van der Waals surface area (Å²) in [7, 11) is 0. The van der Waals surface area contributed by atoms with Crippen LogP contribution in [0.3, 0.4) is 0 Å². The predicted octanol–water partition coefficient (Wildman–Crippen LogP) is 5.63. The van der Waals surface area contributed by atoms with Crippen molar-refractivity contribution < 1.29 is 0 Å². The Bertz CT molecular complexity index is 134. The molecule has 0 aromatic rings. The summed E-state index contributed by atoms with van der Waals surface area (Å²) in [6, 6.07) is 0. The van der Waals surface area contributed by atoms with Crippen molar-refractivity contribution in [3.05, 3.63) is 0 Å². The van der Waals surface area contributed by atoms with E-state index >= 15 is 0 Å². The quantitative estimate of drug-likeness (QED) is 0.218. The normalized spacial score (nSPS) is 11.4. The number of hydrogen-bond acceptors (Lipinski definition) is 0. The second-order valence-electron chi connectivity index (χ2n) is 5.02. The van der Waals surface area contributed by atoms with Gasteiger partial charge in [0.2, 0.25) is 0 Å². The van der Waals surface area contributed by atoms with Crippen LogP contribution in [0.15, 0.2) is 0 Å². The molecule has 0 spiro atoms. The first-order valence-electron chi connectivity index (χ1n) is 8.19. The van der Waals surface area contributed by atoms with Crippen molar-refractivity contribution >= 4 is 44.9 Å². The molecule has 0 aliphatic carbocycles. The van der Waals surface area contributed by atoms with Crippen LogP contribution < -0.4 is 0 Å². The van der Waals surface area contributed by atoms with Gasteiger partial charge >= 0.3 is 142 Å². The second-order valence-corrected chi connectivity index (χ2v) is 17.2. The van der Waals surface area contributed by atoms with Crippen molar-refractivity contribution in [3.8, 4) is 0 Å². The summed E-state index contributed by atoms with van der Waals surface area (Å²) in [4.78, 5) is 0. The summed E-state index contributed by atoms with van der Waals surface area (Å²) in [6.07, 6.45) is 13.1. The predicted molar refractivity (Wildman–Crippen MR) is 94.0 cm³/mol. The van der Waals surface area contributed by atoms with Gasteiger partial charge in [0, 0.05) is 0 Å². The first kappa shape index (κ1) is 20.6. The minimum atomic E-state index is 0.994. The van der Waals surface area contributed by atoms with Gasteiger partial charge in [-0.05, 0) is 0 Å². The van der Waals surface area contributed by atoms with Crippen LogP contribution in [0.25, 0.3) is 0 Å². The zero-order valence-electron chi connectivity index (χ0n) is 13.3. The van der Waals surface area contributed by atoms with Crippen molar-refractivity contribution in [2.45, 2.75) is 97.1 Å². The van der Waals surface area contributed by atoms with E-state index in [4.69, 9.17) is 0 Å². The summed E-state index contributed by atoms with van der Waals surface area (Å²) < 4.78 is 1.23. The Morgan fingerprint density at radius 3 is 1.11 bits per heavy atom. The summed E-state index contributed by atoms with van der Waals surface area (Å²) in [5, 5.41) is 4.74. The van der Waals surface area contributed by atoms with Gasteiger partial charge in [0.05, 0.1) is 0 Å². The van der Waals surface area contributed by atoms with Gasteiger partial charge < -0.3 is 0 Å². The molecule has 0 aliphatic rings. The molecule has 0 amide bonds. The zero-order chi connectivity index (χ0) is 14.2. The summed E-state index contributed by atoms with van der Waals surface area (Å²) in [6.45, 7) is 6.98. The number of unbranched alkanes of at least 4 members (excludes halogenated alkanes) is 6. The Kier molecular flexibility index (Phi) is 19.1. The fourth-order valence-electron chi connectivity index (χ4n) is 1.74. The van der Waals surface area contributed by atoms with Crippen LogP contribution in [-0.4, -0.2) is 44.9 Å². The van der Waals surface area contributed by atoms with Crippen LogP contribution in [0.1, 0.15) is 78.6 Å². The topological polar surface area (TPSA) is 0 Å². The summed E-state index contributed by atoms with van der Waals surface area (Å²) >= 11 is 2.98. The first-order chi connectivity index (χ1) is 9.35. The van der Waals surface area contributed by atoms with Crippen LogP contribution in [0.2, 0.25) is 18.6 Å². The van der Waals surface area contributed by atoms with Gasteiger partial charge in [-0.3, -0.25) is 0 Å². The van der Waals surface area contributed by atoms with E-state index in [1.807, 2.05) is 0 Å². The van der Waals surface area contributed by atoms with E-state index < -0.39 is 0 Å². The van der Waals surface area contributed by atoms with Crippen molar-refractivity contribution in [1.29, 1.82) is 0 Å². The molecule has 0 atom stereocenters. The van der Waals surface area contributed by atoms with Gasteiger partial charge in [-0.15, -0.1) is 0 Å². The first-order valence-corrected chi connectivity index (χ1v) is 14.8. The molecule has 116 valence electrons. The Balaban J connectivity index is 3.66. The average molecular weight is 463 g/mol. The number of hydrogen-bond donors (Lipinski definition) is 0. The van der Waals surface area contributed by atoms with E-state index in [-0.39, 0.29) is 0 Å². The van der Waals surface area contributed by atoms with Gasteiger partial charge in [0.25, 0.3) is 0 Å². The van der Waals surface area contributed by atoms with Gasteiger partial charge in [-0.2, -0.15) is 0 Å². The molecule has 0 aromatic heterocycles. The Morgan fingerprint density at radius 1 is 0.526 bits per heavy atom. The van der Waals surface area contributed by atoms with Crippen molar-refractivity contribution in [2.24, 2.45) is 0 Å². The zero-order valence-corrected chi connectivity index (χ0v) is 18.4. The van der Waals surface area contributed by atoms with Gasteiger partial charge in [-0.1, -0.05) is 0 Å². The van der Waals surface area contributed by atoms with Crippen LogP contribution in [0.4, 0.5) is 0 Å². The summed E-state index contributed by atoms with van der Waals surface area (Å²) in [5.41, 5.74) is 0. The molecule has 0 rings (SSSR count). The molecule has 0 aromatic carbocycles. The average Bonchev–Trinajstić information content (AvgIpc) is 2.43. The van der Waals surface area contributed by atoms with E-state index in [1.54, 1.807) is 16.0 Å². The number of rotatable bonds is 15. The third-order valence-corrected chi connectivity index (χ3v) is 16.9. The fourth-order valence-corrected chi connectivity index (χ4v) is 15.3. The molecule has 0 radical (unpaired) electrons. The fraction of sp³-hybridized carbons (Fsp3) is 1.00. The van der Waals surface area contributed by atoms with Crippen molar-refractivity contribution in [2.75, 3.05) is 0 Å². The molecule has 0 heterocycles. The molecule has 0 N–H and O–H groups in total. The molecular weight excluding hydrogens is 429 g/mol. The Hall–Kier alpha value is 1.56. The molecule has 19 heavy (non-hydrogen) atoms. The van der Waals surface area contributed by atoms with Crippen molar-refractivity contribution in [1.82, 2.24) is 0 Å². The third kappa shape index (κ3) is 15.8. The second kappa shape index (κ2) is 17.6. The maximum atomic E-state index is 2.33. The van der Waals surface area contributed by atoms with Crippen molar-refractivity contribution in [3.63, 3.8) is 0 Å². The van der Waals surface area contributed by atoms with Crippen LogP contribution in [0, 0.1) is 0 Å². The standard InChI is InChI=1S/C16H34Se3/c1-4-7-10-13-17-16(18-14-11-8-5-2)19-15-12-9-6-3/h16H,4-15H2,1-3H3. The van der Waals surface area contributed by atoms with E-state index in [0.29, 0.717) is 0 Å². The maximum absolute atomic E-state index is 2.33. The van der Waals surface area contributed by atoms with Gasteiger partial charge in [0.15, 0.2) is 0 Å². The Labute approximate surface area is 141 Å². The monoisotopic (exact) mass is 466 g/mol. The van der Waals surface area contributed by atoms with Crippen LogP contribution in [-0.2, 0) is 0 Å². The molecule has 0 saturated heterocycles. The summed E-state index contributed by atoms with van der Waals surface area (Å²) in [5.74, 6) is 0. The molecule has 0 fully saturated rings. The molecule has 0 nitrogen and oxygen atoms in total. The molecule has 3 heteroatoms. The third-order valence-electron chi connectivity index (χ3n) is 3.01. The minimum absolute atomic E-state index is 0.994. The molecule has 0 bridgehead atoms. The van der Waals surface area contributed by atoms with E-state index in [0.717, 1.165) is 44.9 Å². The molecular formula is C16H34Se3. The molecule has 0 aliphatic heterocycles. The van der Waals surface area contributed by atoms with Gasteiger partial charge in [0.1, 0.15) is 0 Å². The van der Waals surface area contributed by atoms with Crippen LogP contribution >= 0.6 is 0 Å². The van der Waals surface area contributed by atoms with E-state index in [1.165, 1.54) is 60.4 Å². The molecule has 0 unspecified atom stereocenters. The molecule has 0 saturated carbocycles.